The lowest BCUT2D eigenvalue weighted by molar-refractivity contribution is -0.117. The summed E-state index contributed by atoms with van der Waals surface area (Å²) in [6.45, 7) is 1.73. The lowest BCUT2D eigenvalue weighted by Crippen LogP contribution is -2.45. The largest absolute Gasteiger partial charge is 0.484 e. The maximum absolute atomic E-state index is 12.1. The topological polar surface area (TPSA) is 113 Å². The number of amides is 1. The molecule has 1 saturated carbocycles. The summed E-state index contributed by atoms with van der Waals surface area (Å²) in [6.07, 6.45) is 6.08. The number of aromatic nitrogens is 3. The minimum atomic E-state index is -0.276. The average molecular weight is 489 g/mol. The van der Waals surface area contributed by atoms with E-state index in [2.05, 4.69) is 20.2 Å². The van der Waals surface area contributed by atoms with Crippen molar-refractivity contribution in [2.45, 2.75) is 37.8 Å². The van der Waals surface area contributed by atoms with Crippen LogP contribution in [0.15, 0.2) is 42.7 Å². The molecule has 10 heteroatoms. The Morgan fingerprint density at radius 1 is 1.11 bits per heavy atom. The number of anilines is 4. The molecule has 36 heavy (non-hydrogen) atoms. The summed E-state index contributed by atoms with van der Waals surface area (Å²) >= 11 is 0. The molecule has 4 heterocycles. The summed E-state index contributed by atoms with van der Waals surface area (Å²) in [7, 11) is 2.00. The fourth-order valence-corrected chi connectivity index (χ4v) is 4.83. The van der Waals surface area contributed by atoms with Gasteiger partial charge in [-0.2, -0.15) is 4.98 Å². The molecule has 0 radical (unpaired) electrons. The third kappa shape index (κ3) is 4.28. The van der Waals surface area contributed by atoms with Crippen LogP contribution in [0.1, 0.15) is 25.7 Å². The highest BCUT2D eigenvalue weighted by Crippen LogP contribution is 2.36. The summed E-state index contributed by atoms with van der Waals surface area (Å²) in [4.78, 5) is 29.8. The van der Waals surface area contributed by atoms with Crippen molar-refractivity contribution in [1.82, 2.24) is 15.0 Å². The Morgan fingerprint density at radius 2 is 1.92 bits per heavy atom. The number of benzene rings is 1. The molecule has 0 bridgehead atoms. The molecule has 2 aromatic heterocycles. The van der Waals surface area contributed by atoms with E-state index < -0.39 is 0 Å². The van der Waals surface area contributed by atoms with Gasteiger partial charge in [0, 0.05) is 49.6 Å². The van der Waals surface area contributed by atoms with E-state index in [4.69, 9.17) is 14.5 Å². The molecule has 1 saturated heterocycles. The van der Waals surface area contributed by atoms with Gasteiger partial charge in [0.2, 0.25) is 11.9 Å². The van der Waals surface area contributed by atoms with E-state index in [-0.39, 0.29) is 18.1 Å². The number of fused-ring (bicyclic) bond motifs is 1. The monoisotopic (exact) mass is 488 g/mol. The van der Waals surface area contributed by atoms with Gasteiger partial charge in [-0.05, 0) is 37.0 Å². The van der Waals surface area contributed by atoms with Crippen LogP contribution >= 0.6 is 0 Å². The predicted octanol–water partition coefficient (Wildman–Crippen LogP) is 3.14. The number of pyridine rings is 1. The molecule has 0 atom stereocenters. The molecule has 3 aromatic rings. The van der Waals surface area contributed by atoms with Crippen molar-refractivity contribution in [3.05, 3.63) is 42.7 Å². The zero-order valence-electron chi connectivity index (χ0n) is 20.1. The number of rotatable bonds is 6. The van der Waals surface area contributed by atoms with Crippen molar-refractivity contribution in [2.24, 2.45) is 0 Å². The van der Waals surface area contributed by atoms with E-state index in [1.807, 2.05) is 42.3 Å². The first kappa shape index (κ1) is 22.5. The number of nitrogens with zero attached hydrogens (tertiary/aromatic N) is 5. The van der Waals surface area contributed by atoms with Crippen LogP contribution < -0.4 is 24.6 Å². The quantitative estimate of drug-likeness (QED) is 0.540. The smallest absolute Gasteiger partial charge is 0.257 e. The minimum absolute atomic E-state index is 0.166. The highest BCUT2D eigenvalue weighted by molar-refractivity contribution is 5.95. The SMILES string of the molecule is CN(c1nc(Nc2cnc3c(c2)OCCO3)ncc1-c1ccc(N2CCCC2=O)cc1)C1CC(O)C1. The lowest BCUT2D eigenvalue weighted by atomic mass is 9.88. The Hall–Kier alpha value is -3.92. The Labute approximate surface area is 208 Å². The first-order valence-corrected chi connectivity index (χ1v) is 12.3. The van der Waals surface area contributed by atoms with Crippen molar-refractivity contribution in [3.63, 3.8) is 0 Å². The molecular weight excluding hydrogens is 460 g/mol. The van der Waals surface area contributed by atoms with Gasteiger partial charge in [-0.25, -0.2) is 9.97 Å². The van der Waals surface area contributed by atoms with Crippen molar-refractivity contribution in [1.29, 1.82) is 0 Å². The molecule has 0 unspecified atom stereocenters. The van der Waals surface area contributed by atoms with E-state index in [0.717, 1.165) is 35.6 Å². The summed E-state index contributed by atoms with van der Waals surface area (Å²) in [5.74, 6) is 2.42. The van der Waals surface area contributed by atoms with Gasteiger partial charge in [0.25, 0.3) is 5.88 Å². The zero-order valence-corrected chi connectivity index (χ0v) is 20.1. The number of nitrogens with one attached hydrogen (secondary N) is 1. The fourth-order valence-electron chi connectivity index (χ4n) is 4.83. The summed E-state index contributed by atoms with van der Waals surface area (Å²) in [5, 5.41) is 13.1. The minimum Gasteiger partial charge on any atom is -0.484 e. The van der Waals surface area contributed by atoms with Crippen LogP contribution in [0.3, 0.4) is 0 Å². The number of carbonyl (C=O) groups excluding carboxylic acids is 1. The molecule has 3 aliphatic rings. The summed E-state index contributed by atoms with van der Waals surface area (Å²) in [5.41, 5.74) is 3.44. The summed E-state index contributed by atoms with van der Waals surface area (Å²) in [6, 6.07) is 9.97. The van der Waals surface area contributed by atoms with Crippen LogP contribution in [-0.2, 0) is 4.79 Å². The van der Waals surface area contributed by atoms with Gasteiger partial charge in [-0.15, -0.1) is 0 Å². The van der Waals surface area contributed by atoms with Crippen LogP contribution in [0.5, 0.6) is 11.6 Å². The van der Waals surface area contributed by atoms with Gasteiger partial charge >= 0.3 is 0 Å². The lowest BCUT2D eigenvalue weighted by Gasteiger charge is -2.39. The van der Waals surface area contributed by atoms with Crippen LogP contribution in [0.4, 0.5) is 23.1 Å². The van der Waals surface area contributed by atoms with Crippen LogP contribution in [0.25, 0.3) is 11.1 Å². The molecule has 0 spiro atoms. The average Bonchev–Trinajstić information content (AvgIpc) is 3.32. The normalized spacial score (nSPS) is 20.7. The van der Waals surface area contributed by atoms with Gasteiger partial charge in [-0.3, -0.25) is 4.79 Å². The number of hydrogen-bond acceptors (Lipinski definition) is 9. The van der Waals surface area contributed by atoms with E-state index in [0.29, 0.717) is 55.7 Å². The molecule has 2 aliphatic heterocycles. The second-order valence-electron chi connectivity index (χ2n) is 9.37. The number of hydrogen-bond donors (Lipinski definition) is 2. The molecule has 1 aliphatic carbocycles. The molecular formula is C26H28N6O4. The molecule has 10 nitrogen and oxygen atoms in total. The molecule has 2 N–H and O–H groups in total. The first-order valence-electron chi connectivity index (χ1n) is 12.3. The fraction of sp³-hybridized carbons (Fsp3) is 0.385. The van der Waals surface area contributed by atoms with Crippen molar-refractivity contribution < 1.29 is 19.4 Å². The number of carbonyl (C=O) groups is 1. The Kier molecular flexibility index (Phi) is 5.80. The Morgan fingerprint density at radius 3 is 2.67 bits per heavy atom. The Balaban J connectivity index is 1.30. The van der Waals surface area contributed by atoms with Gasteiger partial charge in [0.1, 0.15) is 19.0 Å². The second kappa shape index (κ2) is 9.27. The maximum Gasteiger partial charge on any atom is 0.257 e. The number of ether oxygens (including phenoxy) is 2. The number of aliphatic hydroxyl groups excluding tert-OH is 1. The van der Waals surface area contributed by atoms with E-state index in [1.165, 1.54) is 0 Å². The Bertz CT molecular complexity index is 1280. The van der Waals surface area contributed by atoms with Gasteiger partial charge in [0.15, 0.2) is 5.75 Å². The zero-order chi connectivity index (χ0) is 24.6. The molecule has 6 rings (SSSR count). The van der Waals surface area contributed by atoms with Gasteiger partial charge in [0.05, 0.1) is 18.0 Å². The first-order chi connectivity index (χ1) is 17.5. The highest BCUT2D eigenvalue weighted by Gasteiger charge is 2.32. The maximum atomic E-state index is 12.1. The third-order valence-corrected chi connectivity index (χ3v) is 6.96. The van der Waals surface area contributed by atoms with Crippen molar-refractivity contribution >= 4 is 29.0 Å². The van der Waals surface area contributed by atoms with E-state index in [1.54, 1.807) is 12.4 Å². The van der Waals surface area contributed by atoms with Crippen molar-refractivity contribution in [2.75, 3.05) is 41.9 Å². The highest BCUT2D eigenvalue weighted by atomic mass is 16.6. The van der Waals surface area contributed by atoms with Gasteiger partial charge in [-0.1, -0.05) is 12.1 Å². The summed E-state index contributed by atoms with van der Waals surface area (Å²) < 4.78 is 11.1. The molecule has 2 fully saturated rings. The van der Waals surface area contributed by atoms with Gasteiger partial charge < -0.3 is 29.7 Å². The predicted molar refractivity (Wildman–Crippen MR) is 135 cm³/mol. The third-order valence-electron chi connectivity index (χ3n) is 6.96. The molecule has 1 amide bonds. The molecule has 1 aromatic carbocycles. The molecule has 186 valence electrons. The van der Waals surface area contributed by atoms with Crippen LogP contribution in [0.2, 0.25) is 0 Å². The van der Waals surface area contributed by atoms with Crippen molar-refractivity contribution in [3.8, 4) is 22.8 Å². The van der Waals surface area contributed by atoms with E-state index in [9.17, 15) is 9.90 Å². The van der Waals surface area contributed by atoms with E-state index >= 15 is 0 Å². The second-order valence-corrected chi connectivity index (χ2v) is 9.37. The standard InChI is InChI=1S/C26H28N6O4/c1-31(19-12-20(33)13-19)24-21(16-4-6-18(7-5-16)32-8-2-3-23(32)34)15-28-26(30-24)29-17-11-22-25(27-14-17)36-10-9-35-22/h4-7,11,14-15,19-20,33H,2-3,8-10,12-13H2,1H3,(H,28,29,30). The van der Waals surface area contributed by atoms with Crippen LogP contribution in [-0.4, -0.2) is 64.9 Å². The van der Waals surface area contributed by atoms with Crippen LogP contribution in [0, 0.1) is 0 Å². The number of aliphatic hydroxyl groups is 1.